The molecule has 1 atom stereocenters. The lowest BCUT2D eigenvalue weighted by Gasteiger charge is -2.51. The van der Waals surface area contributed by atoms with Crippen molar-refractivity contribution in [2.45, 2.75) is 29.4 Å². The van der Waals surface area contributed by atoms with Crippen LogP contribution in [-0.2, 0) is 14.8 Å². The summed E-state index contributed by atoms with van der Waals surface area (Å²) in [6, 6.07) is 8.72. The second kappa shape index (κ2) is 6.36. The van der Waals surface area contributed by atoms with E-state index in [1.807, 2.05) is 18.2 Å². The van der Waals surface area contributed by atoms with Crippen molar-refractivity contribution in [3.63, 3.8) is 0 Å². The molecule has 2 saturated heterocycles. The van der Waals surface area contributed by atoms with Crippen LogP contribution in [0.2, 0.25) is 0 Å². The molecule has 0 saturated carbocycles. The van der Waals surface area contributed by atoms with Crippen LogP contribution in [0.5, 0.6) is 5.88 Å². The SMILES string of the molecule is O=S(=O)(c1cccnc1)N1CC2(C[C@@H](Oc3ccccn3)CCO2)C1. The van der Waals surface area contributed by atoms with Gasteiger partial charge in [-0.25, -0.2) is 13.4 Å². The second-order valence-electron chi connectivity index (χ2n) is 6.39. The van der Waals surface area contributed by atoms with Gasteiger partial charge in [-0.1, -0.05) is 6.07 Å². The molecular weight excluding hydrogens is 342 g/mol. The molecule has 4 heterocycles. The highest BCUT2D eigenvalue weighted by Gasteiger charge is 2.52. The zero-order chi connectivity index (χ0) is 17.3. The number of pyridine rings is 2. The number of hydrogen-bond donors (Lipinski definition) is 0. The molecule has 8 heteroatoms. The summed E-state index contributed by atoms with van der Waals surface area (Å²) < 4.78 is 38.5. The van der Waals surface area contributed by atoms with Gasteiger partial charge in [-0.15, -0.1) is 0 Å². The Hall–Kier alpha value is -2.03. The van der Waals surface area contributed by atoms with Crippen molar-refractivity contribution in [3.05, 3.63) is 48.9 Å². The van der Waals surface area contributed by atoms with E-state index in [9.17, 15) is 8.42 Å². The quantitative estimate of drug-likeness (QED) is 0.820. The van der Waals surface area contributed by atoms with Crippen LogP contribution in [0, 0.1) is 0 Å². The third-order valence-corrected chi connectivity index (χ3v) is 6.35. The van der Waals surface area contributed by atoms with Gasteiger partial charge in [0.25, 0.3) is 0 Å². The molecule has 0 aromatic carbocycles. The van der Waals surface area contributed by atoms with E-state index in [0.29, 0.717) is 32.0 Å². The van der Waals surface area contributed by atoms with E-state index in [0.717, 1.165) is 6.42 Å². The fraction of sp³-hybridized carbons (Fsp3) is 0.412. The lowest BCUT2D eigenvalue weighted by atomic mass is 9.86. The molecule has 2 aromatic rings. The minimum atomic E-state index is -3.52. The Labute approximate surface area is 146 Å². The summed E-state index contributed by atoms with van der Waals surface area (Å²) in [6.45, 7) is 1.23. The van der Waals surface area contributed by atoms with Gasteiger partial charge >= 0.3 is 0 Å². The Kier molecular flexibility index (Phi) is 4.18. The van der Waals surface area contributed by atoms with Crippen molar-refractivity contribution < 1.29 is 17.9 Å². The van der Waals surface area contributed by atoms with Crippen LogP contribution in [0.3, 0.4) is 0 Å². The molecule has 0 bridgehead atoms. The summed E-state index contributed by atoms with van der Waals surface area (Å²) >= 11 is 0. The number of hydrogen-bond acceptors (Lipinski definition) is 6. The normalized spacial score (nSPS) is 23.1. The van der Waals surface area contributed by atoms with Crippen molar-refractivity contribution in [2.75, 3.05) is 19.7 Å². The average molecular weight is 361 g/mol. The zero-order valence-electron chi connectivity index (χ0n) is 13.6. The second-order valence-corrected chi connectivity index (χ2v) is 8.33. The maximum atomic E-state index is 12.6. The number of ether oxygens (including phenoxy) is 2. The largest absolute Gasteiger partial charge is 0.474 e. The first-order chi connectivity index (χ1) is 12.1. The lowest BCUT2D eigenvalue weighted by molar-refractivity contribution is -0.165. The molecule has 0 aliphatic carbocycles. The third kappa shape index (κ3) is 3.24. The van der Waals surface area contributed by atoms with Gasteiger partial charge in [-0.05, 0) is 18.2 Å². The molecule has 0 N–H and O–H groups in total. The standard InChI is InChI=1S/C17H19N3O4S/c21-25(22,15-4-3-7-18-11-15)20-12-17(13-20)10-14(6-9-23-17)24-16-5-1-2-8-19-16/h1-5,7-8,11,14H,6,9-10,12-13H2/t14-/m0/s1. The van der Waals surface area contributed by atoms with E-state index in [-0.39, 0.29) is 11.0 Å². The first-order valence-electron chi connectivity index (χ1n) is 8.19. The molecular formula is C17H19N3O4S. The van der Waals surface area contributed by atoms with E-state index < -0.39 is 15.6 Å². The zero-order valence-corrected chi connectivity index (χ0v) is 14.4. The molecule has 4 rings (SSSR count). The molecule has 2 aromatic heterocycles. The monoisotopic (exact) mass is 361 g/mol. The minimum Gasteiger partial charge on any atom is -0.474 e. The van der Waals surface area contributed by atoms with Crippen molar-refractivity contribution in [1.29, 1.82) is 0 Å². The molecule has 2 aliphatic rings. The minimum absolute atomic E-state index is 0.0214. The first-order valence-corrected chi connectivity index (χ1v) is 9.63. The summed E-state index contributed by atoms with van der Waals surface area (Å²) in [4.78, 5) is 8.28. The van der Waals surface area contributed by atoms with E-state index in [1.165, 1.54) is 10.5 Å². The molecule has 25 heavy (non-hydrogen) atoms. The Morgan fingerprint density at radius 1 is 1.20 bits per heavy atom. The van der Waals surface area contributed by atoms with Crippen molar-refractivity contribution >= 4 is 10.0 Å². The first kappa shape index (κ1) is 16.4. The van der Waals surface area contributed by atoms with Crippen molar-refractivity contribution in [3.8, 4) is 5.88 Å². The van der Waals surface area contributed by atoms with Gasteiger partial charge in [0.05, 0.1) is 12.2 Å². The average Bonchev–Trinajstić information content (AvgIpc) is 2.61. The molecule has 0 unspecified atom stereocenters. The van der Waals surface area contributed by atoms with Crippen LogP contribution in [0.4, 0.5) is 0 Å². The van der Waals surface area contributed by atoms with Crippen LogP contribution in [-0.4, -0.2) is 54.1 Å². The van der Waals surface area contributed by atoms with E-state index >= 15 is 0 Å². The van der Waals surface area contributed by atoms with Gasteiger partial charge in [-0.2, -0.15) is 4.31 Å². The summed E-state index contributed by atoms with van der Waals surface area (Å²) in [5.74, 6) is 0.587. The van der Waals surface area contributed by atoms with E-state index in [4.69, 9.17) is 9.47 Å². The van der Waals surface area contributed by atoms with Gasteiger partial charge in [0, 0.05) is 50.6 Å². The predicted octanol–water partition coefficient (Wildman–Crippen LogP) is 1.48. The number of sulfonamides is 1. The van der Waals surface area contributed by atoms with Gasteiger partial charge in [0.15, 0.2) is 0 Å². The predicted molar refractivity (Wildman–Crippen MR) is 89.6 cm³/mol. The third-order valence-electron chi connectivity index (χ3n) is 4.57. The van der Waals surface area contributed by atoms with Crippen LogP contribution in [0.1, 0.15) is 12.8 Å². The van der Waals surface area contributed by atoms with Crippen molar-refractivity contribution in [2.24, 2.45) is 0 Å². The molecule has 1 spiro atoms. The molecule has 0 amide bonds. The summed E-state index contributed by atoms with van der Waals surface area (Å²) in [6.07, 6.45) is 6.02. The molecule has 132 valence electrons. The Morgan fingerprint density at radius 3 is 2.80 bits per heavy atom. The fourth-order valence-corrected chi connectivity index (χ4v) is 4.86. The van der Waals surface area contributed by atoms with Crippen LogP contribution < -0.4 is 4.74 Å². The highest BCUT2D eigenvalue weighted by molar-refractivity contribution is 7.89. The highest BCUT2D eigenvalue weighted by atomic mass is 32.2. The molecule has 2 fully saturated rings. The van der Waals surface area contributed by atoms with Gasteiger partial charge in [0.1, 0.15) is 11.0 Å². The highest BCUT2D eigenvalue weighted by Crippen LogP contribution is 2.38. The topological polar surface area (TPSA) is 81.6 Å². The number of rotatable bonds is 4. The van der Waals surface area contributed by atoms with Gasteiger partial charge in [0.2, 0.25) is 15.9 Å². The summed E-state index contributed by atoms with van der Waals surface area (Å²) in [5.41, 5.74) is -0.465. The van der Waals surface area contributed by atoms with Crippen LogP contribution in [0.15, 0.2) is 53.8 Å². The molecule has 7 nitrogen and oxygen atoms in total. The van der Waals surface area contributed by atoms with Crippen LogP contribution >= 0.6 is 0 Å². The number of nitrogens with zero attached hydrogens (tertiary/aromatic N) is 3. The Balaban J connectivity index is 1.41. The van der Waals surface area contributed by atoms with Crippen LogP contribution in [0.25, 0.3) is 0 Å². The van der Waals surface area contributed by atoms with Gasteiger partial charge in [-0.3, -0.25) is 4.98 Å². The lowest BCUT2D eigenvalue weighted by Crippen LogP contribution is -2.67. The van der Waals surface area contributed by atoms with E-state index in [2.05, 4.69) is 9.97 Å². The Morgan fingerprint density at radius 2 is 2.08 bits per heavy atom. The molecule has 0 radical (unpaired) electrons. The maximum absolute atomic E-state index is 12.6. The maximum Gasteiger partial charge on any atom is 0.244 e. The summed E-state index contributed by atoms with van der Waals surface area (Å²) in [5, 5.41) is 0. The van der Waals surface area contributed by atoms with Gasteiger partial charge < -0.3 is 9.47 Å². The van der Waals surface area contributed by atoms with E-state index in [1.54, 1.807) is 24.5 Å². The Bertz CT molecular complexity index is 823. The smallest absolute Gasteiger partial charge is 0.244 e. The number of aromatic nitrogens is 2. The summed E-state index contributed by atoms with van der Waals surface area (Å²) in [7, 11) is -3.52. The molecule has 2 aliphatic heterocycles. The fourth-order valence-electron chi connectivity index (χ4n) is 3.31. The van der Waals surface area contributed by atoms with Crippen molar-refractivity contribution in [1.82, 2.24) is 14.3 Å².